The van der Waals surface area contributed by atoms with Crippen molar-refractivity contribution in [2.24, 2.45) is 0 Å². The first kappa shape index (κ1) is 14.7. The van der Waals surface area contributed by atoms with Crippen molar-refractivity contribution in [1.29, 1.82) is 0 Å². The molecule has 0 aliphatic carbocycles. The standard InChI is InChI=1S/C13H27NO2Si/c1-13(2)14(3)12(11-16-13)7-8-15-9-10-17(4,5)6/h7-8,12H,9-11H2,1-6H3/t12-/m1/s1. The topological polar surface area (TPSA) is 21.7 Å². The van der Waals surface area contributed by atoms with Crippen LogP contribution in [0.5, 0.6) is 0 Å². The third-order valence-electron chi connectivity index (χ3n) is 3.32. The number of nitrogens with zero attached hydrogens (tertiary/aromatic N) is 1. The van der Waals surface area contributed by atoms with Crippen molar-refractivity contribution in [3.63, 3.8) is 0 Å². The lowest BCUT2D eigenvalue weighted by Gasteiger charge is -2.28. The first-order valence-corrected chi connectivity index (χ1v) is 10.1. The van der Waals surface area contributed by atoms with Crippen LogP contribution in [0.1, 0.15) is 13.8 Å². The Hall–Kier alpha value is -0.323. The first-order valence-electron chi connectivity index (χ1n) is 6.37. The Bertz CT molecular complexity index is 271. The van der Waals surface area contributed by atoms with Crippen LogP contribution in [-0.2, 0) is 9.47 Å². The molecule has 0 radical (unpaired) electrons. The summed E-state index contributed by atoms with van der Waals surface area (Å²) in [6.07, 6.45) is 3.94. The van der Waals surface area contributed by atoms with Gasteiger partial charge in [0, 0.05) is 8.07 Å². The molecule has 100 valence electrons. The molecule has 0 amide bonds. The molecule has 1 saturated heterocycles. The first-order chi connectivity index (χ1) is 7.72. The second kappa shape index (κ2) is 5.55. The largest absolute Gasteiger partial charge is 0.502 e. The van der Waals surface area contributed by atoms with E-state index in [1.54, 1.807) is 0 Å². The lowest BCUT2D eigenvalue weighted by atomic mass is 10.2. The Morgan fingerprint density at radius 3 is 2.53 bits per heavy atom. The highest BCUT2D eigenvalue weighted by Crippen LogP contribution is 2.25. The second-order valence-corrected chi connectivity index (χ2v) is 12.1. The minimum Gasteiger partial charge on any atom is -0.502 e. The van der Waals surface area contributed by atoms with Crippen LogP contribution in [-0.4, -0.2) is 45.0 Å². The highest BCUT2D eigenvalue weighted by molar-refractivity contribution is 6.76. The van der Waals surface area contributed by atoms with Crippen LogP contribution in [0.15, 0.2) is 12.3 Å². The number of hydrogen-bond acceptors (Lipinski definition) is 3. The van der Waals surface area contributed by atoms with Gasteiger partial charge in [0.1, 0.15) is 5.72 Å². The molecule has 0 N–H and O–H groups in total. The Labute approximate surface area is 107 Å². The molecule has 1 heterocycles. The van der Waals surface area contributed by atoms with Gasteiger partial charge in [-0.1, -0.05) is 19.6 Å². The zero-order valence-electron chi connectivity index (χ0n) is 12.1. The third-order valence-corrected chi connectivity index (χ3v) is 5.03. The van der Waals surface area contributed by atoms with E-state index in [-0.39, 0.29) is 5.72 Å². The van der Waals surface area contributed by atoms with E-state index in [0.29, 0.717) is 6.04 Å². The molecule has 1 fully saturated rings. The maximum Gasteiger partial charge on any atom is 0.116 e. The molecule has 3 nitrogen and oxygen atoms in total. The van der Waals surface area contributed by atoms with Crippen molar-refractivity contribution < 1.29 is 9.47 Å². The van der Waals surface area contributed by atoms with Gasteiger partial charge in [-0.2, -0.15) is 0 Å². The van der Waals surface area contributed by atoms with Gasteiger partial charge in [0.15, 0.2) is 0 Å². The number of hydrogen-bond donors (Lipinski definition) is 0. The molecule has 1 atom stereocenters. The van der Waals surface area contributed by atoms with Gasteiger partial charge in [-0.15, -0.1) is 0 Å². The fraction of sp³-hybridized carbons (Fsp3) is 0.846. The molecule has 0 aromatic carbocycles. The van der Waals surface area contributed by atoms with Crippen LogP contribution in [0.25, 0.3) is 0 Å². The molecule has 0 aromatic heterocycles. The van der Waals surface area contributed by atoms with E-state index < -0.39 is 8.07 Å². The third kappa shape index (κ3) is 4.82. The maximum absolute atomic E-state index is 5.70. The predicted octanol–water partition coefficient (Wildman–Crippen LogP) is 2.92. The zero-order valence-corrected chi connectivity index (χ0v) is 13.1. The molecule has 0 spiro atoms. The fourth-order valence-electron chi connectivity index (χ4n) is 1.67. The van der Waals surface area contributed by atoms with Crippen molar-refractivity contribution in [3.05, 3.63) is 12.3 Å². The summed E-state index contributed by atoms with van der Waals surface area (Å²) < 4.78 is 11.3. The highest BCUT2D eigenvalue weighted by Gasteiger charge is 2.36. The van der Waals surface area contributed by atoms with E-state index in [2.05, 4.69) is 51.5 Å². The quantitative estimate of drug-likeness (QED) is 0.429. The molecule has 0 bridgehead atoms. The maximum atomic E-state index is 5.70. The summed E-state index contributed by atoms with van der Waals surface area (Å²) in [5.41, 5.74) is -0.159. The smallest absolute Gasteiger partial charge is 0.116 e. The second-order valence-electron chi connectivity index (χ2n) is 6.45. The van der Waals surface area contributed by atoms with Gasteiger partial charge in [0.25, 0.3) is 0 Å². The Balaban J connectivity index is 2.27. The van der Waals surface area contributed by atoms with Gasteiger partial charge in [-0.05, 0) is 33.0 Å². The van der Waals surface area contributed by atoms with E-state index in [9.17, 15) is 0 Å². The van der Waals surface area contributed by atoms with Crippen LogP contribution in [0.4, 0.5) is 0 Å². The summed E-state index contributed by atoms with van der Waals surface area (Å²) in [7, 11) is 1.12. The molecular weight excluding hydrogens is 230 g/mol. The minimum atomic E-state index is -0.969. The Kier molecular flexibility index (Phi) is 4.81. The van der Waals surface area contributed by atoms with E-state index in [4.69, 9.17) is 9.47 Å². The molecule has 4 heteroatoms. The van der Waals surface area contributed by atoms with E-state index >= 15 is 0 Å². The van der Waals surface area contributed by atoms with E-state index in [1.165, 1.54) is 6.04 Å². The summed E-state index contributed by atoms with van der Waals surface area (Å²) >= 11 is 0. The fourth-order valence-corrected chi connectivity index (χ4v) is 2.40. The van der Waals surface area contributed by atoms with Crippen molar-refractivity contribution >= 4 is 8.07 Å². The highest BCUT2D eigenvalue weighted by atomic mass is 28.3. The normalized spacial score (nSPS) is 25.6. The summed E-state index contributed by atoms with van der Waals surface area (Å²) in [6, 6.07) is 1.54. The molecule has 0 unspecified atom stereocenters. The van der Waals surface area contributed by atoms with Crippen LogP contribution < -0.4 is 0 Å². The van der Waals surface area contributed by atoms with Gasteiger partial charge in [0.2, 0.25) is 0 Å². The molecule has 1 aliphatic heterocycles. The van der Waals surface area contributed by atoms with Gasteiger partial charge < -0.3 is 9.47 Å². The lowest BCUT2D eigenvalue weighted by molar-refractivity contribution is -0.0402. The summed E-state index contributed by atoms with van der Waals surface area (Å²) in [6.45, 7) is 12.9. The zero-order chi connectivity index (χ0) is 13.1. The molecule has 0 saturated carbocycles. The summed E-state index contributed by atoms with van der Waals surface area (Å²) in [4.78, 5) is 2.23. The van der Waals surface area contributed by atoms with Gasteiger partial charge >= 0.3 is 0 Å². The minimum absolute atomic E-state index is 0.159. The van der Waals surface area contributed by atoms with Crippen molar-refractivity contribution in [2.45, 2.75) is 51.3 Å². The van der Waals surface area contributed by atoms with Gasteiger partial charge in [-0.3, -0.25) is 4.90 Å². The van der Waals surface area contributed by atoms with Crippen LogP contribution in [0.3, 0.4) is 0 Å². The van der Waals surface area contributed by atoms with Crippen molar-refractivity contribution in [1.82, 2.24) is 4.90 Å². The summed E-state index contributed by atoms with van der Waals surface area (Å²) in [5.74, 6) is 0. The SMILES string of the molecule is CN1[C@H](C=COCC[Si](C)(C)C)COC1(C)C. The van der Waals surface area contributed by atoms with Crippen LogP contribution in [0.2, 0.25) is 25.7 Å². The van der Waals surface area contributed by atoms with E-state index in [1.807, 2.05) is 6.26 Å². The van der Waals surface area contributed by atoms with Crippen LogP contribution in [0, 0.1) is 0 Å². The average molecular weight is 257 g/mol. The number of rotatable bonds is 5. The van der Waals surface area contributed by atoms with Gasteiger partial charge in [0.05, 0.1) is 25.5 Å². The molecule has 0 aromatic rings. The average Bonchev–Trinajstić information content (AvgIpc) is 2.42. The molecule has 1 rings (SSSR count). The van der Waals surface area contributed by atoms with Gasteiger partial charge in [-0.25, -0.2) is 0 Å². The number of likely N-dealkylation sites (N-methyl/N-ethyl adjacent to an activating group) is 1. The van der Waals surface area contributed by atoms with E-state index in [0.717, 1.165) is 13.2 Å². The Morgan fingerprint density at radius 2 is 2.06 bits per heavy atom. The summed E-state index contributed by atoms with van der Waals surface area (Å²) in [5, 5.41) is 0. The molecule has 1 aliphatic rings. The lowest BCUT2D eigenvalue weighted by Crippen LogP contribution is -2.39. The monoisotopic (exact) mass is 257 g/mol. The molecule has 17 heavy (non-hydrogen) atoms. The van der Waals surface area contributed by atoms with Crippen LogP contribution >= 0.6 is 0 Å². The predicted molar refractivity (Wildman–Crippen MR) is 74.8 cm³/mol. The molecular formula is C13H27NO2Si. The Morgan fingerprint density at radius 1 is 1.41 bits per heavy atom. The number of ether oxygens (including phenoxy) is 2. The van der Waals surface area contributed by atoms with Crippen molar-refractivity contribution in [3.8, 4) is 0 Å². The van der Waals surface area contributed by atoms with Crippen molar-refractivity contribution in [2.75, 3.05) is 20.3 Å².